The Balaban J connectivity index is -0.000000117. The first-order valence-corrected chi connectivity index (χ1v) is 33.8. The molecule has 19 heteroatoms. The molecule has 2 unspecified atom stereocenters. The Bertz CT molecular complexity index is 1500. The van der Waals surface area contributed by atoms with Crippen LogP contribution in [-0.2, 0) is 0 Å². The van der Waals surface area contributed by atoms with Crippen molar-refractivity contribution in [1.29, 1.82) is 0 Å². The van der Waals surface area contributed by atoms with Crippen LogP contribution in [0.1, 0.15) is 343 Å². The van der Waals surface area contributed by atoms with Crippen LogP contribution < -0.4 is 0 Å². The van der Waals surface area contributed by atoms with E-state index in [0.29, 0.717) is 62.7 Å². The Hall–Kier alpha value is -1.33. The molecule has 1 rings (SSSR count). The lowest BCUT2D eigenvalue weighted by Crippen LogP contribution is -2.37. The van der Waals surface area contributed by atoms with Gasteiger partial charge in [0.1, 0.15) is 28.3 Å². The molecule has 90 heavy (non-hydrogen) atoms. The van der Waals surface area contributed by atoms with Gasteiger partial charge in [0.2, 0.25) is 5.92 Å². The highest BCUT2D eigenvalue weighted by Gasteiger charge is 2.55. The van der Waals surface area contributed by atoms with Crippen molar-refractivity contribution in [3.05, 3.63) is 0 Å². The van der Waals surface area contributed by atoms with Crippen molar-refractivity contribution in [2.75, 3.05) is 0 Å². The van der Waals surface area contributed by atoms with Gasteiger partial charge in [-0.2, -0.15) is 52.7 Å². The molecular weight excluding hydrogens is 1210 g/mol. The average molecular weight is 1360 g/mol. The average Bonchev–Trinajstić information content (AvgIpc) is 3.51. The number of hydrogen-bond donors (Lipinski definition) is 0. The molecule has 1 aliphatic rings. The molecule has 0 spiro atoms. The fourth-order valence-corrected chi connectivity index (χ4v) is 7.88. The summed E-state index contributed by atoms with van der Waals surface area (Å²) < 4.78 is 231. The summed E-state index contributed by atoms with van der Waals surface area (Å²) in [6.07, 6.45) is -8.69. The fourth-order valence-electron chi connectivity index (χ4n) is 7.88. The van der Waals surface area contributed by atoms with Gasteiger partial charge in [0.05, 0.1) is 5.92 Å². The van der Waals surface area contributed by atoms with E-state index in [1.165, 1.54) is 20.8 Å². The van der Waals surface area contributed by atoms with Crippen molar-refractivity contribution >= 4 is 0 Å². The second-order valence-corrected chi connectivity index (χ2v) is 29.1. The van der Waals surface area contributed by atoms with E-state index in [1.54, 1.807) is 55.4 Å². The molecule has 1 fully saturated rings. The second kappa shape index (κ2) is 50.1. The molecule has 0 radical (unpaired) electrons. The molecule has 1 aliphatic carbocycles. The summed E-state index contributed by atoms with van der Waals surface area (Å²) in [7, 11) is 0. The van der Waals surface area contributed by atoms with Gasteiger partial charge in [-0.05, 0) is 139 Å². The van der Waals surface area contributed by atoms with Crippen molar-refractivity contribution in [3.8, 4) is 0 Å². The molecule has 0 aromatic rings. The van der Waals surface area contributed by atoms with E-state index in [2.05, 4.69) is 55.4 Å². The van der Waals surface area contributed by atoms with Crippen LogP contribution >= 0.6 is 0 Å². The molecule has 1 saturated carbocycles. The Kier molecular flexibility index (Phi) is 59.7. The lowest BCUT2D eigenvalue weighted by molar-refractivity contribution is -0.285. The van der Waals surface area contributed by atoms with Gasteiger partial charge in [0.15, 0.2) is 5.92 Å². The third kappa shape index (κ3) is 66.7. The van der Waals surface area contributed by atoms with Crippen molar-refractivity contribution in [2.45, 2.75) is 402 Å². The van der Waals surface area contributed by atoms with Crippen molar-refractivity contribution < 1.29 is 83.4 Å². The predicted octanol–water partition coefficient (Wildman–Crippen LogP) is 30.6. The minimum Gasteiger partial charge on any atom is -0.244 e. The summed E-state index contributed by atoms with van der Waals surface area (Å²) in [6, 6.07) is 0. The third-order valence-corrected chi connectivity index (χ3v) is 16.9. The number of halogens is 19. The minimum atomic E-state index is -5.17. The molecule has 558 valence electrons. The zero-order valence-electron chi connectivity index (χ0n) is 62.9. The highest BCUT2D eigenvalue weighted by Crippen LogP contribution is 2.43. The summed E-state index contributed by atoms with van der Waals surface area (Å²) in [5.74, 6) is -5.29. The van der Waals surface area contributed by atoms with Gasteiger partial charge < -0.3 is 0 Å². The Morgan fingerprint density at radius 1 is 0.389 bits per heavy atom. The Morgan fingerprint density at radius 3 is 0.800 bits per heavy atom. The van der Waals surface area contributed by atoms with Gasteiger partial charge in [-0.3, -0.25) is 0 Å². The molecule has 0 saturated heterocycles. The van der Waals surface area contributed by atoms with Gasteiger partial charge in [0.25, 0.3) is 0 Å². The maximum Gasteiger partial charge on any atom is 0.400 e. The van der Waals surface area contributed by atoms with Gasteiger partial charge in [0, 0.05) is 19.3 Å². The van der Waals surface area contributed by atoms with E-state index in [-0.39, 0.29) is 55.3 Å². The number of rotatable bonds is 21. The van der Waals surface area contributed by atoms with Crippen molar-refractivity contribution in [2.24, 2.45) is 58.2 Å². The van der Waals surface area contributed by atoms with E-state index >= 15 is 0 Å². The predicted molar refractivity (Wildman–Crippen MR) is 349 cm³/mol. The molecule has 0 amide bonds. The van der Waals surface area contributed by atoms with Gasteiger partial charge in [-0.25, -0.2) is 30.7 Å². The van der Waals surface area contributed by atoms with Crippen LogP contribution in [0.3, 0.4) is 0 Å². The van der Waals surface area contributed by atoms with Crippen LogP contribution in [0, 0.1) is 58.2 Å². The van der Waals surface area contributed by atoms with Crippen LogP contribution in [0.5, 0.6) is 0 Å². The maximum absolute atomic E-state index is 14.4. The van der Waals surface area contributed by atoms with Crippen LogP contribution in [0.15, 0.2) is 0 Å². The topological polar surface area (TPSA) is 0 Å². The SMILES string of the molecule is CC(C)(C)C.CC(C)C(C)(F)C(C)C.CC1CCC(F)(F)CC1.CCC(C)(C)CC(F)(F)F.CCC(C)(F)C(C)C.CCC(C)(F)CC.CCC(C)C(F)(F)F.CCC(CC)C(C)(F)C(CC)CC.CCCC(C(F)(F)F)C(F)(F)F.CCCC(C)(F)CCC. The van der Waals surface area contributed by atoms with Gasteiger partial charge >= 0.3 is 24.7 Å². The molecule has 0 heterocycles. The van der Waals surface area contributed by atoms with E-state index in [4.69, 9.17) is 0 Å². The van der Waals surface area contributed by atoms with Crippen LogP contribution in [0.4, 0.5) is 83.4 Å². The standard InChI is InChI=1S/C12H25F.2C8H17F.C7H13F3.C7H12F2.C7H15F.C6H8F6.C6H13F.C5H9F3.C5H12/c1-6-10(7-2)12(5,13)11(8-3)9-4;1-6(2)8(5,9)7(3)4;1-4-6-8(3,9)7-5-2;1-4-6(2,3)5-7(8,9)10;1-6-2-4-7(8,9)5-3-6;1-5-7(4,8)6(2)3;1-2-3-4(5(7,8)9)6(10,11)12;1-4-6(3,7)5-2;1-3-4(2)5(6,7)8;1-5(2,3)4/h10-11H,6-9H2,1-5H3;6-7H,1-5H3;4-7H2,1-3H3;4-5H2,1-3H3;6H,2-5H2,1H3;6H,5H2,1-4H3;4H,2-3H2,1H3;4-5H2,1-3H3;4H,3H2,1-2H3;1-4H3. The van der Waals surface area contributed by atoms with E-state index in [1.807, 2.05) is 83.1 Å². The zero-order chi connectivity index (χ0) is 74.8. The first-order valence-electron chi connectivity index (χ1n) is 33.8. The van der Waals surface area contributed by atoms with Gasteiger partial charge in [-0.15, -0.1) is 0 Å². The highest BCUT2D eigenvalue weighted by molar-refractivity contribution is 4.87. The third-order valence-electron chi connectivity index (χ3n) is 16.9. The van der Waals surface area contributed by atoms with E-state index < -0.39 is 89.1 Å². The number of alkyl halides is 19. The first-order chi connectivity index (χ1) is 39.7. The summed E-state index contributed by atoms with van der Waals surface area (Å²) in [4.78, 5) is 0. The lowest BCUT2D eigenvalue weighted by atomic mass is 9.75. The van der Waals surface area contributed by atoms with E-state index in [0.717, 1.165) is 38.5 Å². The van der Waals surface area contributed by atoms with Crippen LogP contribution in [0.25, 0.3) is 0 Å². The second-order valence-electron chi connectivity index (χ2n) is 29.1. The molecule has 0 aliphatic heterocycles. The van der Waals surface area contributed by atoms with Gasteiger partial charge in [-0.1, -0.05) is 231 Å². The summed E-state index contributed by atoms with van der Waals surface area (Å²) >= 11 is 0. The molecule has 0 aromatic heterocycles. The van der Waals surface area contributed by atoms with E-state index in [9.17, 15) is 83.4 Å². The molecular formula is C71H141F19. The molecule has 0 N–H and O–H groups in total. The fraction of sp³-hybridized carbons (Fsp3) is 1.00. The number of hydrogen-bond acceptors (Lipinski definition) is 0. The molecule has 0 bridgehead atoms. The summed E-state index contributed by atoms with van der Waals surface area (Å²) in [5.41, 5.74) is -4.84. The minimum absolute atomic E-state index is 0.105. The van der Waals surface area contributed by atoms with Crippen molar-refractivity contribution in [3.63, 3.8) is 0 Å². The highest BCUT2D eigenvalue weighted by atomic mass is 19.4. The van der Waals surface area contributed by atoms with Crippen LogP contribution in [0.2, 0.25) is 0 Å². The van der Waals surface area contributed by atoms with Crippen molar-refractivity contribution in [1.82, 2.24) is 0 Å². The molecule has 0 aromatic carbocycles. The smallest absolute Gasteiger partial charge is 0.244 e. The lowest BCUT2D eigenvalue weighted by Gasteiger charge is -2.35. The van der Waals surface area contributed by atoms with Crippen LogP contribution in [-0.4, -0.2) is 59.0 Å². The maximum atomic E-state index is 14.4. The zero-order valence-corrected chi connectivity index (χ0v) is 62.9. The summed E-state index contributed by atoms with van der Waals surface area (Å²) in [5, 5.41) is 0. The molecule has 0 nitrogen and oxygen atoms in total. The molecule has 2 atom stereocenters. The summed E-state index contributed by atoms with van der Waals surface area (Å²) in [6.45, 7) is 57.7. The monoisotopic (exact) mass is 1360 g/mol. The Morgan fingerprint density at radius 2 is 0.700 bits per heavy atom. The normalized spacial score (nSPS) is 15.3. The first kappa shape index (κ1) is 107. The Labute approximate surface area is 541 Å². The largest absolute Gasteiger partial charge is 0.400 e. The quantitative estimate of drug-likeness (QED) is 0.101.